The third kappa shape index (κ3) is 7.73. The van der Waals surface area contributed by atoms with Crippen LogP contribution in [0.1, 0.15) is 41.6 Å². The van der Waals surface area contributed by atoms with Crippen molar-refractivity contribution in [2.45, 2.75) is 38.2 Å². The molecule has 204 valence electrons. The molecular formula is C30H33N3O6. The van der Waals surface area contributed by atoms with Crippen LogP contribution in [0.15, 0.2) is 72.8 Å². The van der Waals surface area contributed by atoms with Crippen molar-refractivity contribution >= 4 is 29.2 Å². The maximum Gasteiger partial charge on any atom is 0.303 e. The van der Waals surface area contributed by atoms with E-state index in [9.17, 15) is 14.4 Å². The van der Waals surface area contributed by atoms with Crippen LogP contribution in [0.5, 0.6) is 11.5 Å². The number of rotatable bonds is 13. The molecule has 39 heavy (non-hydrogen) atoms. The van der Waals surface area contributed by atoms with Gasteiger partial charge in [-0.3, -0.25) is 14.4 Å². The number of nitrogens with zero attached hydrogens (tertiary/aromatic N) is 1. The first kappa shape index (κ1) is 27.5. The van der Waals surface area contributed by atoms with Crippen LogP contribution in [0.25, 0.3) is 0 Å². The van der Waals surface area contributed by atoms with Crippen LogP contribution in [0.4, 0.5) is 11.4 Å². The van der Waals surface area contributed by atoms with E-state index in [1.54, 1.807) is 42.5 Å². The Morgan fingerprint density at radius 3 is 2.46 bits per heavy atom. The Hall–Kier alpha value is -4.53. The number of benzene rings is 3. The van der Waals surface area contributed by atoms with Crippen LogP contribution in [0, 0.1) is 0 Å². The molecule has 1 heterocycles. The topological polar surface area (TPSA) is 131 Å². The Morgan fingerprint density at radius 1 is 0.974 bits per heavy atom. The molecular weight excluding hydrogens is 498 g/mol. The molecule has 1 aliphatic heterocycles. The predicted octanol–water partition coefficient (Wildman–Crippen LogP) is 4.26. The number of aliphatic carboxylic acids is 1. The summed E-state index contributed by atoms with van der Waals surface area (Å²) < 4.78 is 11.7. The van der Waals surface area contributed by atoms with Crippen molar-refractivity contribution in [3.8, 4) is 11.5 Å². The van der Waals surface area contributed by atoms with E-state index in [1.807, 2.05) is 23.1 Å². The van der Waals surface area contributed by atoms with Gasteiger partial charge < -0.3 is 30.5 Å². The van der Waals surface area contributed by atoms with Gasteiger partial charge in [0.05, 0.1) is 24.5 Å². The van der Waals surface area contributed by atoms with Gasteiger partial charge in [-0.2, -0.15) is 0 Å². The highest BCUT2D eigenvalue weighted by atomic mass is 16.5. The number of nitrogens with two attached hydrogens (primary N) is 1. The van der Waals surface area contributed by atoms with Crippen molar-refractivity contribution < 1.29 is 29.0 Å². The third-order valence-electron chi connectivity index (χ3n) is 6.45. The predicted molar refractivity (Wildman–Crippen MR) is 148 cm³/mol. The van der Waals surface area contributed by atoms with Gasteiger partial charge >= 0.3 is 5.97 Å². The highest BCUT2D eigenvalue weighted by Crippen LogP contribution is 2.40. The number of carbonyl (C=O) groups is 3. The minimum absolute atomic E-state index is 0.00223. The van der Waals surface area contributed by atoms with Gasteiger partial charge in [0.2, 0.25) is 0 Å². The summed E-state index contributed by atoms with van der Waals surface area (Å²) in [6.45, 7) is 1.19. The first-order valence-electron chi connectivity index (χ1n) is 13.0. The van der Waals surface area contributed by atoms with E-state index in [2.05, 4.69) is 17.4 Å². The highest BCUT2D eigenvalue weighted by molar-refractivity contribution is 6.05. The van der Waals surface area contributed by atoms with Crippen molar-refractivity contribution in [1.29, 1.82) is 0 Å². The Bertz CT molecular complexity index is 1280. The van der Waals surface area contributed by atoms with Gasteiger partial charge in [0.1, 0.15) is 5.75 Å². The largest absolute Gasteiger partial charge is 0.494 e. The number of nitrogens with one attached hydrogen (secondary N) is 1. The van der Waals surface area contributed by atoms with E-state index in [0.717, 1.165) is 19.3 Å². The number of aryl methyl sites for hydroxylation is 1. The number of ether oxygens (including phenoxy) is 2. The average molecular weight is 532 g/mol. The van der Waals surface area contributed by atoms with Crippen LogP contribution in [-0.4, -0.2) is 48.7 Å². The molecule has 1 atom stereocenters. The summed E-state index contributed by atoms with van der Waals surface area (Å²) in [6.07, 6.45) is 2.42. The molecule has 0 bridgehead atoms. The number of para-hydroxylation sites is 1. The molecule has 0 fully saturated rings. The van der Waals surface area contributed by atoms with Crippen LogP contribution in [0.2, 0.25) is 0 Å². The van der Waals surface area contributed by atoms with E-state index in [0.29, 0.717) is 48.0 Å². The maximum absolute atomic E-state index is 13.0. The molecule has 4 N–H and O–H groups in total. The Labute approximate surface area is 227 Å². The molecule has 1 unspecified atom stereocenters. The molecule has 0 saturated heterocycles. The first-order valence-corrected chi connectivity index (χ1v) is 13.0. The second-order valence-corrected chi connectivity index (χ2v) is 9.38. The van der Waals surface area contributed by atoms with Crippen molar-refractivity contribution in [3.05, 3.63) is 83.9 Å². The molecule has 0 saturated carbocycles. The van der Waals surface area contributed by atoms with E-state index < -0.39 is 18.0 Å². The lowest BCUT2D eigenvalue weighted by atomic mass is 10.1. The van der Waals surface area contributed by atoms with Gasteiger partial charge in [0, 0.05) is 18.5 Å². The summed E-state index contributed by atoms with van der Waals surface area (Å²) in [5, 5.41) is 11.8. The van der Waals surface area contributed by atoms with Crippen molar-refractivity contribution in [3.63, 3.8) is 0 Å². The minimum atomic E-state index is -0.926. The Morgan fingerprint density at radius 2 is 1.74 bits per heavy atom. The Kier molecular flexibility index (Phi) is 9.39. The number of primary amides is 1. The minimum Gasteiger partial charge on any atom is -0.494 e. The molecule has 9 nitrogen and oxygen atoms in total. The van der Waals surface area contributed by atoms with Crippen molar-refractivity contribution in [2.24, 2.45) is 5.73 Å². The normalized spacial score (nSPS) is 14.2. The van der Waals surface area contributed by atoms with Crippen LogP contribution in [0.3, 0.4) is 0 Å². The smallest absolute Gasteiger partial charge is 0.303 e. The number of carbonyl (C=O) groups excluding carboxylic acids is 2. The zero-order valence-electron chi connectivity index (χ0n) is 21.7. The number of hydrogen-bond acceptors (Lipinski definition) is 6. The molecule has 0 radical (unpaired) electrons. The molecule has 0 aliphatic carbocycles. The summed E-state index contributed by atoms with van der Waals surface area (Å²) in [5.41, 5.74) is 8.32. The summed E-state index contributed by atoms with van der Waals surface area (Å²) in [6, 6.07) is 22.5. The SMILES string of the molecule is NC(=O)C1CN(CCCC(=O)O)c2cccc(NC(=O)c3ccc(OCCCCc4ccccc4)cc3)c2O1. The van der Waals surface area contributed by atoms with Gasteiger partial charge in [-0.1, -0.05) is 36.4 Å². The summed E-state index contributed by atoms with van der Waals surface area (Å²) in [7, 11) is 0. The van der Waals surface area contributed by atoms with Gasteiger partial charge in [0.25, 0.3) is 11.8 Å². The number of fused-ring (bicyclic) bond motifs is 1. The number of amides is 2. The third-order valence-corrected chi connectivity index (χ3v) is 6.45. The first-order chi connectivity index (χ1) is 18.9. The number of anilines is 2. The summed E-state index contributed by atoms with van der Waals surface area (Å²) in [5.74, 6) is -0.865. The van der Waals surface area contributed by atoms with Crippen LogP contribution < -0.4 is 25.4 Å². The fourth-order valence-electron chi connectivity index (χ4n) is 4.42. The standard InChI is InChI=1S/C30H33N3O6/c31-29(36)26-20-33(18-7-13-27(34)35)25-12-6-11-24(28(25)39-26)32-30(37)22-14-16-23(17-15-22)38-19-5-4-10-21-8-2-1-3-9-21/h1-3,6,8-9,11-12,14-17,26H,4-5,7,10,13,18-20H2,(H2,31,36)(H,32,37)(H,34,35). The molecule has 4 rings (SSSR count). The van der Waals surface area contributed by atoms with Crippen molar-refractivity contribution in [2.75, 3.05) is 29.9 Å². The molecule has 0 aromatic heterocycles. The van der Waals surface area contributed by atoms with Crippen molar-refractivity contribution in [1.82, 2.24) is 0 Å². The number of carboxylic acids is 1. The van der Waals surface area contributed by atoms with E-state index >= 15 is 0 Å². The second kappa shape index (κ2) is 13.3. The maximum atomic E-state index is 13.0. The fraction of sp³-hybridized carbons (Fsp3) is 0.300. The molecule has 3 aromatic rings. The quantitative estimate of drug-likeness (QED) is 0.281. The van der Waals surface area contributed by atoms with E-state index in [-0.39, 0.29) is 18.9 Å². The number of hydrogen-bond donors (Lipinski definition) is 3. The second-order valence-electron chi connectivity index (χ2n) is 9.38. The lowest BCUT2D eigenvalue weighted by Crippen LogP contribution is -2.47. The molecule has 3 aromatic carbocycles. The van der Waals surface area contributed by atoms with E-state index in [4.69, 9.17) is 20.3 Å². The lowest BCUT2D eigenvalue weighted by Gasteiger charge is -2.36. The number of unbranched alkanes of at least 4 members (excludes halogenated alkanes) is 1. The van der Waals surface area contributed by atoms with Gasteiger partial charge in [-0.25, -0.2) is 0 Å². The molecule has 0 spiro atoms. The lowest BCUT2D eigenvalue weighted by molar-refractivity contribution is -0.137. The zero-order valence-corrected chi connectivity index (χ0v) is 21.7. The van der Waals surface area contributed by atoms with E-state index in [1.165, 1.54) is 5.56 Å². The van der Waals surface area contributed by atoms with Gasteiger partial charge in [-0.15, -0.1) is 0 Å². The van der Waals surface area contributed by atoms with Crippen LogP contribution >= 0.6 is 0 Å². The van der Waals surface area contributed by atoms with Crippen LogP contribution in [-0.2, 0) is 16.0 Å². The van der Waals surface area contributed by atoms with Gasteiger partial charge in [-0.05, 0) is 67.6 Å². The summed E-state index contributed by atoms with van der Waals surface area (Å²) in [4.78, 5) is 37.7. The summed E-state index contributed by atoms with van der Waals surface area (Å²) >= 11 is 0. The Balaban J connectivity index is 1.35. The average Bonchev–Trinajstić information content (AvgIpc) is 2.93. The molecule has 1 aliphatic rings. The van der Waals surface area contributed by atoms with Gasteiger partial charge in [0.15, 0.2) is 11.9 Å². The zero-order chi connectivity index (χ0) is 27.6. The highest BCUT2D eigenvalue weighted by Gasteiger charge is 2.31. The molecule has 9 heteroatoms. The fourth-order valence-corrected chi connectivity index (χ4v) is 4.42. The molecule has 2 amide bonds. The number of carboxylic acid groups (broad SMARTS) is 1. The monoisotopic (exact) mass is 531 g/mol.